The van der Waals surface area contributed by atoms with Crippen LogP contribution in [0.3, 0.4) is 0 Å². The molecule has 2 heterocycles. The van der Waals surface area contributed by atoms with Gasteiger partial charge in [0.25, 0.3) is 21.5 Å². The number of benzene rings is 3. The molecule has 198 valence electrons. The number of hydrogen-bond donors (Lipinski definition) is 1. The molecule has 0 aliphatic rings. The Kier molecular flexibility index (Phi) is 7.40. The second-order valence-electron chi connectivity index (χ2n) is 9.55. The van der Waals surface area contributed by atoms with Crippen molar-refractivity contribution in [1.29, 1.82) is 0 Å². The molecule has 0 atom stereocenters. The Balaban J connectivity index is 1.44. The van der Waals surface area contributed by atoms with E-state index in [2.05, 4.69) is 22.9 Å². The SMILES string of the molecule is CC(C)Cc1nc2cnsc2c(=O)n1Cc1ccc(-c2ccccc2S(=O)(=O)NC(=O)c2ccccc2)cc1. The van der Waals surface area contributed by atoms with Crippen LogP contribution in [0.15, 0.2) is 94.7 Å². The molecule has 2 aromatic heterocycles. The van der Waals surface area contributed by atoms with E-state index in [1.165, 1.54) is 6.07 Å². The Bertz CT molecular complexity index is 1810. The molecular weight excluding hydrogens is 532 g/mol. The highest BCUT2D eigenvalue weighted by Crippen LogP contribution is 2.28. The summed E-state index contributed by atoms with van der Waals surface area (Å²) >= 11 is 1.14. The highest BCUT2D eigenvalue weighted by molar-refractivity contribution is 7.90. The van der Waals surface area contributed by atoms with Crippen LogP contribution in [0.25, 0.3) is 21.3 Å². The minimum absolute atomic E-state index is 0.00248. The van der Waals surface area contributed by atoms with Crippen molar-refractivity contribution in [3.8, 4) is 11.1 Å². The fourth-order valence-electron chi connectivity index (χ4n) is 4.32. The minimum Gasteiger partial charge on any atom is -0.291 e. The van der Waals surface area contributed by atoms with Gasteiger partial charge in [0.05, 0.1) is 17.6 Å². The lowest BCUT2D eigenvalue weighted by molar-refractivity contribution is 0.0981. The van der Waals surface area contributed by atoms with E-state index in [4.69, 9.17) is 4.98 Å². The Morgan fingerprint density at radius 1 is 0.974 bits per heavy atom. The van der Waals surface area contributed by atoms with Crippen LogP contribution in [-0.2, 0) is 23.0 Å². The Morgan fingerprint density at radius 2 is 1.67 bits per heavy atom. The van der Waals surface area contributed by atoms with Gasteiger partial charge in [-0.05, 0) is 46.8 Å². The lowest BCUT2D eigenvalue weighted by Crippen LogP contribution is -2.30. The van der Waals surface area contributed by atoms with Crippen molar-refractivity contribution < 1.29 is 13.2 Å². The molecule has 8 nitrogen and oxygen atoms in total. The number of carbonyl (C=O) groups excluding carboxylic acids is 1. The van der Waals surface area contributed by atoms with E-state index in [-0.39, 0.29) is 16.0 Å². The zero-order valence-electron chi connectivity index (χ0n) is 21.4. The summed E-state index contributed by atoms with van der Waals surface area (Å²) in [6.45, 7) is 4.49. The number of carbonyl (C=O) groups is 1. The molecule has 0 aliphatic carbocycles. The van der Waals surface area contributed by atoms with Gasteiger partial charge in [-0.15, -0.1) is 0 Å². The average Bonchev–Trinajstić information content (AvgIpc) is 3.40. The topological polar surface area (TPSA) is 111 Å². The number of hydrogen-bond acceptors (Lipinski definition) is 7. The predicted molar refractivity (Wildman–Crippen MR) is 152 cm³/mol. The minimum atomic E-state index is -4.14. The monoisotopic (exact) mass is 558 g/mol. The first-order valence-electron chi connectivity index (χ1n) is 12.4. The normalized spacial score (nSPS) is 11.7. The van der Waals surface area contributed by atoms with Crippen molar-refractivity contribution in [3.05, 3.63) is 112 Å². The van der Waals surface area contributed by atoms with Gasteiger partial charge in [0.2, 0.25) is 0 Å². The van der Waals surface area contributed by atoms with E-state index in [0.29, 0.717) is 46.1 Å². The molecule has 0 radical (unpaired) electrons. The predicted octanol–water partition coefficient (Wildman–Crippen LogP) is 4.89. The zero-order chi connectivity index (χ0) is 27.6. The van der Waals surface area contributed by atoms with Crippen LogP contribution >= 0.6 is 11.5 Å². The molecule has 0 saturated heterocycles. The summed E-state index contributed by atoms with van der Waals surface area (Å²) in [5.41, 5.74) is 2.74. The second-order valence-corrected chi connectivity index (χ2v) is 12.0. The van der Waals surface area contributed by atoms with Crippen molar-refractivity contribution >= 4 is 37.7 Å². The molecule has 39 heavy (non-hydrogen) atoms. The largest absolute Gasteiger partial charge is 0.291 e. The maximum absolute atomic E-state index is 13.2. The fraction of sp³-hybridized carbons (Fsp3) is 0.172. The van der Waals surface area contributed by atoms with Crippen LogP contribution in [0, 0.1) is 5.92 Å². The maximum atomic E-state index is 13.2. The molecule has 5 rings (SSSR count). The second kappa shape index (κ2) is 10.9. The highest BCUT2D eigenvalue weighted by Gasteiger charge is 2.22. The van der Waals surface area contributed by atoms with Crippen LogP contribution in [-0.4, -0.2) is 28.2 Å². The molecule has 3 aromatic carbocycles. The van der Waals surface area contributed by atoms with E-state index in [1.807, 2.05) is 24.3 Å². The van der Waals surface area contributed by atoms with Crippen LogP contribution in [0.2, 0.25) is 0 Å². The van der Waals surface area contributed by atoms with Crippen LogP contribution < -0.4 is 10.3 Å². The Morgan fingerprint density at radius 3 is 2.38 bits per heavy atom. The van der Waals surface area contributed by atoms with Gasteiger partial charge in [-0.3, -0.25) is 14.2 Å². The summed E-state index contributed by atoms with van der Waals surface area (Å²) in [5.74, 6) is 0.322. The van der Waals surface area contributed by atoms with Crippen molar-refractivity contribution in [1.82, 2.24) is 18.6 Å². The molecule has 10 heteroatoms. The van der Waals surface area contributed by atoms with E-state index in [9.17, 15) is 18.0 Å². The fourth-order valence-corrected chi connectivity index (χ4v) is 6.17. The number of aromatic nitrogens is 3. The first-order valence-corrected chi connectivity index (χ1v) is 14.6. The number of nitrogens with one attached hydrogen (secondary N) is 1. The van der Waals surface area contributed by atoms with Gasteiger partial charge in [-0.25, -0.2) is 18.1 Å². The molecule has 0 aliphatic heterocycles. The van der Waals surface area contributed by atoms with E-state index in [1.54, 1.807) is 59.3 Å². The van der Waals surface area contributed by atoms with Crippen LogP contribution in [0.1, 0.15) is 35.6 Å². The van der Waals surface area contributed by atoms with E-state index >= 15 is 0 Å². The number of fused-ring (bicyclic) bond motifs is 1. The third kappa shape index (κ3) is 5.67. The lowest BCUT2D eigenvalue weighted by atomic mass is 10.0. The third-order valence-electron chi connectivity index (χ3n) is 6.19. The number of nitrogens with zero attached hydrogens (tertiary/aromatic N) is 3. The van der Waals surface area contributed by atoms with Gasteiger partial charge in [0.15, 0.2) is 0 Å². The van der Waals surface area contributed by atoms with Gasteiger partial charge in [-0.2, -0.15) is 4.37 Å². The summed E-state index contributed by atoms with van der Waals surface area (Å²) in [6, 6.07) is 22.1. The summed E-state index contributed by atoms with van der Waals surface area (Å²) < 4.78 is 34.9. The van der Waals surface area contributed by atoms with Crippen LogP contribution in [0.4, 0.5) is 0 Å². The first kappa shape index (κ1) is 26.5. The van der Waals surface area contributed by atoms with Crippen LogP contribution in [0.5, 0.6) is 0 Å². The standard InChI is InChI=1S/C29H26N4O4S2/c1-19(2)16-26-31-24-17-30-38-27(24)29(35)33(26)18-20-12-14-21(15-13-20)23-10-6-7-11-25(23)39(36,37)32-28(34)22-8-4-3-5-9-22/h3-15,17,19H,16,18H2,1-2H3,(H,32,34). The number of amides is 1. The Labute approximate surface area is 230 Å². The third-order valence-corrected chi connectivity index (χ3v) is 8.35. The summed E-state index contributed by atoms with van der Waals surface area (Å²) in [6.07, 6.45) is 2.27. The van der Waals surface area contributed by atoms with Gasteiger partial charge >= 0.3 is 0 Å². The zero-order valence-corrected chi connectivity index (χ0v) is 23.0. The molecule has 0 unspecified atom stereocenters. The molecule has 5 aromatic rings. The maximum Gasteiger partial charge on any atom is 0.273 e. The molecule has 0 fully saturated rings. The average molecular weight is 559 g/mol. The van der Waals surface area contributed by atoms with Crippen molar-refractivity contribution in [2.75, 3.05) is 0 Å². The summed E-state index contributed by atoms with van der Waals surface area (Å²) in [7, 11) is -4.14. The first-order chi connectivity index (χ1) is 18.7. The van der Waals surface area contributed by atoms with E-state index in [0.717, 1.165) is 17.1 Å². The van der Waals surface area contributed by atoms with Crippen molar-refractivity contribution in [3.63, 3.8) is 0 Å². The lowest BCUT2D eigenvalue weighted by Gasteiger charge is -2.15. The van der Waals surface area contributed by atoms with Gasteiger partial charge in [-0.1, -0.05) is 74.5 Å². The number of rotatable bonds is 8. The Hall–Kier alpha value is -4.15. The quantitative estimate of drug-likeness (QED) is 0.290. The van der Waals surface area contributed by atoms with Crippen molar-refractivity contribution in [2.24, 2.45) is 5.92 Å². The molecule has 0 saturated carbocycles. The van der Waals surface area contributed by atoms with Gasteiger partial charge < -0.3 is 0 Å². The molecule has 0 bridgehead atoms. The summed E-state index contributed by atoms with van der Waals surface area (Å²) in [4.78, 5) is 30.5. The van der Waals surface area contributed by atoms with Crippen molar-refractivity contribution in [2.45, 2.75) is 31.7 Å². The molecular formula is C29H26N4O4S2. The molecule has 0 spiro atoms. The highest BCUT2D eigenvalue weighted by atomic mass is 32.2. The van der Waals surface area contributed by atoms with E-state index < -0.39 is 15.9 Å². The smallest absolute Gasteiger partial charge is 0.273 e. The van der Waals surface area contributed by atoms with Gasteiger partial charge in [0.1, 0.15) is 16.0 Å². The molecule has 1 amide bonds. The number of sulfonamides is 1. The molecule has 1 N–H and O–H groups in total. The van der Waals surface area contributed by atoms with Gasteiger partial charge in [0, 0.05) is 17.5 Å². The summed E-state index contributed by atoms with van der Waals surface area (Å²) in [5, 5.41) is 0.